The lowest BCUT2D eigenvalue weighted by atomic mass is 9.92. The summed E-state index contributed by atoms with van der Waals surface area (Å²) >= 11 is 0. The van der Waals surface area contributed by atoms with Crippen LogP contribution in [-0.4, -0.2) is 28.6 Å². The predicted molar refractivity (Wildman–Crippen MR) is 87.0 cm³/mol. The zero-order valence-corrected chi connectivity index (χ0v) is 13.8. The lowest BCUT2D eigenvalue weighted by Gasteiger charge is -2.29. The van der Waals surface area contributed by atoms with Crippen LogP contribution in [-0.2, 0) is 16.6 Å². The summed E-state index contributed by atoms with van der Waals surface area (Å²) in [6.07, 6.45) is -3.21. The maximum atomic E-state index is 12.7. The molecule has 0 radical (unpaired) electrons. The van der Waals surface area contributed by atoms with Gasteiger partial charge in [0.2, 0.25) is 11.8 Å². The molecule has 8 heteroatoms. The van der Waals surface area contributed by atoms with Gasteiger partial charge in [-0.15, -0.1) is 0 Å². The topological polar surface area (TPSA) is 63.1 Å². The van der Waals surface area contributed by atoms with E-state index in [0.717, 1.165) is 16.5 Å². The first kappa shape index (κ1) is 17.3. The molecule has 0 aliphatic carbocycles. The molecule has 2 N–H and O–H groups in total. The molecule has 1 aromatic heterocycles. The molecule has 134 valence electrons. The second kappa shape index (κ2) is 6.09. The van der Waals surface area contributed by atoms with Gasteiger partial charge in [-0.25, -0.2) is 0 Å². The molecule has 25 heavy (non-hydrogen) atoms. The maximum absolute atomic E-state index is 12.7. The Kier molecular flexibility index (Phi) is 4.22. The number of nitrogens with zero attached hydrogens (tertiary/aromatic N) is 1. The summed E-state index contributed by atoms with van der Waals surface area (Å²) < 4.78 is 39.9. The first-order chi connectivity index (χ1) is 11.7. The summed E-state index contributed by atoms with van der Waals surface area (Å²) in [6, 6.07) is 3.89. The molecule has 0 bridgehead atoms. The molecule has 1 fully saturated rings. The van der Waals surface area contributed by atoms with Crippen molar-refractivity contribution in [3.8, 4) is 0 Å². The number of alkyl halides is 3. The molecule has 1 aromatic carbocycles. The number of benzene rings is 1. The van der Waals surface area contributed by atoms with Gasteiger partial charge in [0.15, 0.2) is 0 Å². The highest BCUT2D eigenvalue weighted by molar-refractivity contribution is 6.10. The molecule has 2 amide bonds. The predicted octanol–water partition coefficient (Wildman–Crippen LogP) is 2.88. The van der Waals surface area contributed by atoms with Crippen molar-refractivity contribution >= 4 is 28.4 Å². The van der Waals surface area contributed by atoms with E-state index >= 15 is 0 Å². The third-order valence-corrected chi connectivity index (χ3v) is 4.49. The van der Waals surface area contributed by atoms with Gasteiger partial charge < -0.3 is 15.2 Å². The fourth-order valence-corrected chi connectivity index (χ4v) is 3.13. The molecule has 0 spiro atoms. The standard InChI is InChI=1S/C17H18F3N3O2/c1-9-3-5-13-11(7-9)12(8-23(13)2)21-15(24)10-4-6-14(17(18,19)20)22-16(10)25/h3,5,7-8,10,14H,4,6H2,1-2H3,(H,21,24)(H,22,25). The van der Waals surface area contributed by atoms with Crippen LogP contribution in [0.3, 0.4) is 0 Å². The molecule has 2 heterocycles. The monoisotopic (exact) mass is 353 g/mol. The molecule has 2 aromatic rings. The van der Waals surface area contributed by atoms with E-state index < -0.39 is 30.0 Å². The highest BCUT2D eigenvalue weighted by atomic mass is 19.4. The number of anilines is 1. The number of rotatable bonds is 2. The highest BCUT2D eigenvalue weighted by Gasteiger charge is 2.45. The Hall–Kier alpha value is -2.51. The molecule has 3 rings (SSSR count). The number of piperidine rings is 1. The van der Waals surface area contributed by atoms with E-state index in [2.05, 4.69) is 5.32 Å². The van der Waals surface area contributed by atoms with Crippen molar-refractivity contribution in [2.45, 2.75) is 32.0 Å². The Morgan fingerprint density at radius 3 is 2.68 bits per heavy atom. The fourth-order valence-electron chi connectivity index (χ4n) is 3.13. The third kappa shape index (κ3) is 3.33. The number of nitrogens with one attached hydrogen (secondary N) is 2. The summed E-state index contributed by atoms with van der Waals surface area (Å²) in [5.41, 5.74) is 2.46. The van der Waals surface area contributed by atoms with Gasteiger partial charge in [0, 0.05) is 24.1 Å². The van der Waals surface area contributed by atoms with Crippen LogP contribution in [0.25, 0.3) is 10.9 Å². The number of hydrogen-bond acceptors (Lipinski definition) is 2. The maximum Gasteiger partial charge on any atom is 0.408 e. The van der Waals surface area contributed by atoms with Crippen molar-refractivity contribution < 1.29 is 22.8 Å². The van der Waals surface area contributed by atoms with E-state index in [-0.39, 0.29) is 12.8 Å². The van der Waals surface area contributed by atoms with Crippen molar-refractivity contribution in [3.63, 3.8) is 0 Å². The van der Waals surface area contributed by atoms with E-state index in [1.54, 1.807) is 6.20 Å². The molecule has 0 saturated carbocycles. The van der Waals surface area contributed by atoms with Gasteiger partial charge in [0.25, 0.3) is 0 Å². The number of amides is 2. The number of halogens is 3. The molecular weight excluding hydrogens is 335 g/mol. The lowest BCUT2D eigenvalue weighted by molar-refractivity contribution is -0.170. The minimum atomic E-state index is -4.50. The average Bonchev–Trinajstić information content (AvgIpc) is 2.81. The van der Waals surface area contributed by atoms with Crippen LogP contribution in [0.2, 0.25) is 0 Å². The van der Waals surface area contributed by atoms with E-state index in [9.17, 15) is 22.8 Å². The van der Waals surface area contributed by atoms with Gasteiger partial charge in [0.05, 0.1) is 5.69 Å². The average molecular weight is 353 g/mol. The van der Waals surface area contributed by atoms with Gasteiger partial charge in [-0.1, -0.05) is 11.6 Å². The highest BCUT2D eigenvalue weighted by Crippen LogP contribution is 2.30. The summed E-state index contributed by atoms with van der Waals surface area (Å²) in [7, 11) is 1.83. The first-order valence-corrected chi connectivity index (χ1v) is 7.90. The number of aryl methyl sites for hydroxylation is 2. The van der Waals surface area contributed by atoms with E-state index in [1.807, 2.05) is 42.1 Å². The summed E-state index contributed by atoms with van der Waals surface area (Å²) in [6.45, 7) is 1.92. The van der Waals surface area contributed by atoms with Gasteiger partial charge in [-0.05, 0) is 31.9 Å². The normalized spacial score (nSPS) is 21.2. The molecule has 1 aliphatic heterocycles. The van der Waals surface area contributed by atoms with Crippen LogP contribution in [0.4, 0.5) is 18.9 Å². The number of carbonyl (C=O) groups excluding carboxylic acids is 2. The zero-order valence-electron chi connectivity index (χ0n) is 13.8. The zero-order chi connectivity index (χ0) is 18.4. The molecular formula is C17H18F3N3O2. The van der Waals surface area contributed by atoms with Gasteiger partial charge in [-0.3, -0.25) is 9.59 Å². The van der Waals surface area contributed by atoms with Gasteiger partial charge in [-0.2, -0.15) is 13.2 Å². The number of hydrogen-bond donors (Lipinski definition) is 2. The number of aromatic nitrogens is 1. The molecule has 2 atom stereocenters. The fraction of sp³-hybridized carbons (Fsp3) is 0.412. The Morgan fingerprint density at radius 1 is 1.32 bits per heavy atom. The third-order valence-electron chi connectivity index (χ3n) is 4.49. The molecule has 2 unspecified atom stereocenters. The van der Waals surface area contributed by atoms with Crippen molar-refractivity contribution in [2.24, 2.45) is 13.0 Å². The van der Waals surface area contributed by atoms with Crippen molar-refractivity contribution in [1.82, 2.24) is 9.88 Å². The van der Waals surface area contributed by atoms with Crippen LogP contribution in [0, 0.1) is 12.8 Å². The number of fused-ring (bicyclic) bond motifs is 1. The van der Waals surface area contributed by atoms with Crippen LogP contribution in [0.15, 0.2) is 24.4 Å². The minimum absolute atomic E-state index is 0.133. The Balaban J connectivity index is 1.77. The van der Waals surface area contributed by atoms with Crippen molar-refractivity contribution in [1.29, 1.82) is 0 Å². The lowest BCUT2D eigenvalue weighted by Crippen LogP contribution is -2.53. The first-order valence-electron chi connectivity index (χ1n) is 7.90. The molecule has 1 aliphatic rings. The van der Waals surface area contributed by atoms with Crippen LogP contribution < -0.4 is 10.6 Å². The van der Waals surface area contributed by atoms with E-state index in [4.69, 9.17) is 0 Å². The Bertz CT molecular complexity index is 842. The SMILES string of the molecule is Cc1ccc2c(c1)c(NC(=O)C1CCC(C(F)(F)F)NC1=O)cn2C. The van der Waals surface area contributed by atoms with Crippen LogP contribution in [0.1, 0.15) is 18.4 Å². The molecule has 1 saturated heterocycles. The van der Waals surface area contributed by atoms with Crippen molar-refractivity contribution in [2.75, 3.05) is 5.32 Å². The number of carbonyl (C=O) groups is 2. The smallest absolute Gasteiger partial charge is 0.348 e. The molecule has 5 nitrogen and oxygen atoms in total. The van der Waals surface area contributed by atoms with Crippen LogP contribution in [0.5, 0.6) is 0 Å². The summed E-state index contributed by atoms with van der Waals surface area (Å²) in [5.74, 6) is -2.60. The largest absolute Gasteiger partial charge is 0.408 e. The van der Waals surface area contributed by atoms with E-state index in [0.29, 0.717) is 5.69 Å². The Labute approximate surface area is 142 Å². The van der Waals surface area contributed by atoms with Crippen LogP contribution >= 0.6 is 0 Å². The Morgan fingerprint density at radius 2 is 2.04 bits per heavy atom. The quantitative estimate of drug-likeness (QED) is 0.816. The van der Waals surface area contributed by atoms with Crippen molar-refractivity contribution in [3.05, 3.63) is 30.0 Å². The van der Waals surface area contributed by atoms with Gasteiger partial charge >= 0.3 is 6.18 Å². The summed E-state index contributed by atoms with van der Waals surface area (Å²) in [5, 5.41) is 5.40. The second-order valence-corrected chi connectivity index (χ2v) is 6.40. The van der Waals surface area contributed by atoms with E-state index in [1.165, 1.54) is 0 Å². The summed E-state index contributed by atoms with van der Waals surface area (Å²) in [4.78, 5) is 24.3. The second-order valence-electron chi connectivity index (χ2n) is 6.40. The van der Waals surface area contributed by atoms with Gasteiger partial charge in [0.1, 0.15) is 12.0 Å². The minimum Gasteiger partial charge on any atom is -0.348 e.